The summed E-state index contributed by atoms with van der Waals surface area (Å²) < 4.78 is 5.79. The Morgan fingerprint density at radius 1 is 1.35 bits per heavy atom. The normalized spacial score (nSPS) is 14.5. The van der Waals surface area contributed by atoms with E-state index in [2.05, 4.69) is 39.1 Å². The van der Waals surface area contributed by atoms with Crippen LogP contribution in [0.4, 0.5) is 0 Å². The second kappa shape index (κ2) is 6.36. The van der Waals surface area contributed by atoms with Gasteiger partial charge in [-0.3, -0.25) is 0 Å². The van der Waals surface area contributed by atoms with Crippen LogP contribution in [0.2, 0.25) is 5.02 Å². The van der Waals surface area contributed by atoms with Crippen LogP contribution in [-0.4, -0.2) is 19.7 Å². The van der Waals surface area contributed by atoms with Gasteiger partial charge in [-0.2, -0.15) is 0 Å². The van der Waals surface area contributed by atoms with E-state index in [1.165, 1.54) is 11.1 Å². The van der Waals surface area contributed by atoms with Crippen molar-refractivity contribution in [2.75, 3.05) is 19.7 Å². The number of fused-ring (bicyclic) bond motifs is 1. The van der Waals surface area contributed by atoms with Gasteiger partial charge in [0.1, 0.15) is 5.75 Å². The molecule has 0 saturated carbocycles. The molecule has 1 N–H and O–H groups in total. The molecule has 0 spiro atoms. The van der Waals surface area contributed by atoms with E-state index in [0.29, 0.717) is 5.92 Å². The fourth-order valence-corrected chi connectivity index (χ4v) is 3.02. The van der Waals surface area contributed by atoms with Gasteiger partial charge in [-0.25, -0.2) is 0 Å². The highest BCUT2D eigenvalue weighted by Gasteiger charge is 2.24. The first-order valence-corrected chi connectivity index (χ1v) is 7.90. The third-order valence-corrected chi connectivity index (χ3v) is 3.87. The zero-order chi connectivity index (χ0) is 14.8. The lowest BCUT2D eigenvalue weighted by molar-refractivity contribution is 0.316. The van der Waals surface area contributed by atoms with E-state index >= 15 is 0 Å². The Bertz CT molecular complexity index is 468. The summed E-state index contributed by atoms with van der Waals surface area (Å²) in [6.07, 6.45) is 1.97. The predicted molar refractivity (Wildman–Crippen MR) is 85.8 cm³/mol. The molecule has 1 aliphatic heterocycles. The number of hydrogen-bond acceptors (Lipinski definition) is 2. The van der Waals surface area contributed by atoms with Gasteiger partial charge in [0.15, 0.2) is 0 Å². The summed E-state index contributed by atoms with van der Waals surface area (Å²) in [5.74, 6) is 1.76. The maximum atomic E-state index is 6.23. The number of ether oxygens (including phenoxy) is 1. The standard InChI is InChI=1S/C17H26ClNO/c1-12(2)10-19-11-17(3,4)9-14-8-15(18)7-13-5-6-20-16(13)14/h7-8,12,19H,5-6,9-11H2,1-4H3. The molecular formula is C17H26ClNO. The third kappa shape index (κ3) is 4.13. The van der Waals surface area contributed by atoms with Gasteiger partial charge in [-0.15, -0.1) is 0 Å². The summed E-state index contributed by atoms with van der Waals surface area (Å²) in [7, 11) is 0. The minimum Gasteiger partial charge on any atom is -0.493 e. The number of hydrogen-bond donors (Lipinski definition) is 1. The highest BCUT2D eigenvalue weighted by molar-refractivity contribution is 6.30. The average Bonchev–Trinajstić information content (AvgIpc) is 2.75. The Morgan fingerprint density at radius 2 is 2.10 bits per heavy atom. The van der Waals surface area contributed by atoms with Crippen molar-refractivity contribution < 1.29 is 4.74 Å². The van der Waals surface area contributed by atoms with Gasteiger partial charge in [0.25, 0.3) is 0 Å². The first-order valence-electron chi connectivity index (χ1n) is 7.52. The molecule has 0 aromatic heterocycles. The lowest BCUT2D eigenvalue weighted by atomic mass is 9.84. The topological polar surface area (TPSA) is 21.3 Å². The number of nitrogens with one attached hydrogen (secondary N) is 1. The maximum Gasteiger partial charge on any atom is 0.125 e. The monoisotopic (exact) mass is 295 g/mol. The zero-order valence-corrected chi connectivity index (χ0v) is 13.8. The van der Waals surface area contributed by atoms with E-state index in [1.54, 1.807) is 0 Å². The van der Waals surface area contributed by atoms with Gasteiger partial charge in [0, 0.05) is 18.0 Å². The molecule has 1 aliphatic rings. The van der Waals surface area contributed by atoms with Gasteiger partial charge >= 0.3 is 0 Å². The summed E-state index contributed by atoms with van der Waals surface area (Å²) in [6, 6.07) is 4.10. The Morgan fingerprint density at radius 3 is 2.80 bits per heavy atom. The lowest BCUT2D eigenvalue weighted by Crippen LogP contribution is -2.33. The first-order chi connectivity index (χ1) is 9.37. The fraction of sp³-hybridized carbons (Fsp3) is 0.647. The molecule has 0 atom stereocenters. The van der Waals surface area contributed by atoms with Crippen molar-refractivity contribution in [3.8, 4) is 5.75 Å². The van der Waals surface area contributed by atoms with E-state index in [9.17, 15) is 0 Å². The van der Waals surface area contributed by atoms with Crippen LogP contribution in [0.15, 0.2) is 12.1 Å². The van der Waals surface area contributed by atoms with Crippen molar-refractivity contribution in [1.29, 1.82) is 0 Å². The van der Waals surface area contributed by atoms with Gasteiger partial charge in [0.05, 0.1) is 6.61 Å². The predicted octanol–water partition coefficient (Wildman–Crippen LogP) is 4.09. The number of benzene rings is 1. The lowest BCUT2D eigenvalue weighted by Gasteiger charge is -2.26. The molecule has 0 bridgehead atoms. The number of rotatable bonds is 6. The molecular weight excluding hydrogens is 270 g/mol. The van der Waals surface area contributed by atoms with Gasteiger partial charge in [-0.1, -0.05) is 39.3 Å². The van der Waals surface area contributed by atoms with Crippen molar-refractivity contribution in [1.82, 2.24) is 5.32 Å². The van der Waals surface area contributed by atoms with Crippen LogP contribution in [0, 0.1) is 11.3 Å². The second-order valence-corrected chi connectivity index (χ2v) is 7.45. The molecule has 0 radical (unpaired) electrons. The SMILES string of the molecule is CC(C)CNCC(C)(C)Cc1cc(Cl)cc2c1OCC2. The van der Waals surface area contributed by atoms with E-state index in [0.717, 1.165) is 43.3 Å². The minimum absolute atomic E-state index is 0.194. The van der Waals surface area contributed by atoms with Crippen molar-refractivity contribution in [2.24, 2.45) is 11.3 Å². The highest BCUT2D eigenvalue weighted by Crippen LogP contribution is 2.36. The minimum atomic E-state index is 0.194. The number of halogens is 1. The molecule has 0 fully saturated rings. The van der Waals surface area contributed by atoms with Crippen LogP contribution in [0.1, 0.15) is 38.8 Å². The molecule has 3 heteroatoms. The van der Waals surface area contributed by atoms with Crippen LogP contribution >= 0.6 is 11.6 Å². The van der Waals surface area contributed by atoms with Crippen molar-refractivity contribution in [3.05, 3.63) is 28.3 Å². The summed E-state index contributed by atoms with van der Waals surface area (Å²) in [4.78, 5) is 0. The average molecular weight is 296 g/mol. The second-order valence-electron chi connectivity index (χ2n) is 7.02. The van der Waals surface area contributed by atoms with Crippen LogP contribution in [0.25, 0.3) is 0 Å². The van der Waals surface area contributed by atoms with Gasteiger partial charge in [-0.05, 0) is 47.6 Å². The molecule has 20 heavy (non-hydrogen) atoms. The van der Waals surface area contributed by atoms with Crippen molar-refractivity contribution >= 4 is 11.6 Å². The van der Waals surface area contributed by atoms with Crippen molar-refractivity contribution in [3.63, 3.8) is 0 Å². The van der Waals surface area contributed by atoms with Crippen LogP contribution < -0.4 is 10.1 Å². The maximum absolute atomic E-state index is 6.23. The van der Waals surface area contributed by atoms with Crippen LogP contribution in [0.5, 0.6) is 5.75 Å². The molecule has 0 amide bonds. The van der Waals surface area contributed by atoms with Gasteiger partial charge < -0.3 is 10.1 Å². The molecule has 0 unspecified atom stereocenters. The quantitative estimate of drug-likeness (QED) is 0.853. The van der Waals surface area contributed by atoms with E-state index in [4.69, 9.17) is 16.3 Å². The molecule has 112 valence electrons. The Hall–Kier alpha value is -0.730. The molecule has 1 heterocycles. The Balaban J connectivity index is 2.05. The fourth-order valence-electron chi connectivity index (χ4n) is 2.75. The van der Waals surface area contributed by atoms with Gasteiger partial charge in [0.2, 0.25) is 0 Å². The summed E-state index contributed by atoms with van der Waals surface area (Å²) >= 11 is 6.23. The highest BCUT2D eigenvalue weighted by atomic mass is 35.5. The zero-order valence-electron chi connectivity index (χ0n) is 13.1. The summed E-state index contributed by atoms with van der Waals surface area (Å²) in [6.45, 7) is 11.9. The molecule has 0 aliphatic carbocycles. The molecule has 1 aromatic rings. The molecule has 2 rings (SSSR count). The molecule has 0 saturated heterocycles. The Labute approximate surface area is 127 Å². The third-order valence-electron chi connectivity index (χ3n) is 3.65. The Kier molecular flexibility index (Phi) is 4.98. The smallest absolute Gasteiger partial charge is 0.125 e. The largest absolute Gasteiger partial charge is 0.493 e. The van der Waals surface area contributed by atoms with Crippen LogP contribution in [-0.2, 0) is 12.8 Å². The summed E-state index contributed by atoms with van der Waals surface area (Å²) in [5.41, 5.74) is 2.71. The van der Waals surface area contributed by atoms with Crippen molar-refractivity contribution in [2.45, 2.75) is 40.5 Å². The molecule has 2 nitrogen and oxygen atoms in total. The van der Waals surface area contributed by atoms with E-state index in [1.807, 2.05) is 6.07 Å². The van der Waals surface area contributed by atoms with E-state index < -0.39 is 0 Å². The summed E-state index contributed by atoms with van der Waals surface area (Å²) in [5, 5.41) is 4.38. The first kappa shape index (κ1) is 15.7. The van der Waals surface area contributed by atoms with Crippen LogP contribution in [0.3, 0.4) is 0 Å². The van der Waals surface area contributed by atoms with E-state index in [-0.39, 0.29) is 5.41 Å². The molecule has 1 aromatic carbocycles.